The number of aromatic nitrogens is 4. The second kappa shape index (κ2) is 7.59. The fraction of sp³-hybridized carbons (Fsp3) is 0.111. The second-order valence-corrected chi connectivity index (χ2v) is 7.41. The molecule has 0 saturated heterocycles. The van der Waals surface area contributed by atoms with Crippen LogP contribution in [-0.4, -0.2) is 25.7 Å². The zero-order valence-electron chi connectivity index (χ0n) is 13.7. The molecule has 26 heavy (non-hydrogen) atoms. The van der Waals surface area contributed by atoms with E-state index in [2.05, 4.69) is 20.4 Å². The van der Waals surface area contributed by atoms with E-state index in [0.29, 0.717) is 18.8 Å². The Morgan fingerprint density at radius 3 is 2.69 bits per heavy atom. The van der Waals surface area contributed by atoms with Gasteiger partial charge in [-0.05, 0) is 22.6 Å². The quantitative estimate of drug-likeness (QED) is 0.555. The number of hydrogen-bond donors (Lipinski definition) is 1. The summed E-state index contributed by atoms with van der Waals surface area (Å²) in [7, 11) is 0. The van der Waals surface area contributed by atoms with Crippen molar-refractivity contribution in [2.75, 3.05) is 0 Å². The maximum atomic E-state index is 12.3. The van der Waals surface area contributed by atoms with E-state index in [4.69, 9.17) is 0 Å². The van der Waals surface area contributed by atoms with Gasteiger partial charge in [0.1, 0.15) is 23.4 Å². The van der Waals surface area contributed by atoms with Crippen LogP contribution in [0.15, 0.2) is 59.8 Å². The molecule has 0 bridgehead atoms. The second-order valence-electron chi connectivity index (χ2n) is 5.61. The number of thiazole rings is 1. The fourth-order valence-electron chi connectivity index (χ4n) is 2.43. The molecule has 1 N–H and O–H groups in total. The fourth-order valence-corrected chi connectivity index (χ4v) is 4.04. The molecule has 0 unspecified atom stereocenters. The normalized spacial score (nSPS) is 10.8. The van der Waals surface area contributed by atoms with Gasteiger partial charge in [-0.1, -0.05) is 30.3 Å². The minimum absolute atomic E-state index is 0.157. The Hall–Kier alpha value is -2.84. The van der Waals surface area contributed by atoms with Crippen LogP contribution < -0.4 is 5.32 Å². The van der Waals surface area contributed by atoms with Crippen LogP contribution in [0.4, 0.5) is 0 Å². The van der Waals surface area contributed by atoms with Crippen molar-refractivity contribution in [1.82, 2.24) is 25.1 Å². The van der Waals surface area contributed by atoms with Gasteiger partial charge < -0.3 is 5.32 Å². The van der Waals surface area contributed by atoms with Crippen LogP contribution in [0.2, 0.25) is 0 Å². The standard InChI is InChI=1S/C18H15N5OS2/c24-17(15-10-26-18(22-15)16-2-1-7-25-16)20-8-13-3-5-14(6-4-13)9-23-12-19-11-21-23/h1-7,10-12H,8-9H2,(H,20,24). The van der Waals surface area contributed by atoms with Gasteiger partial charge in [0.2, 0.25) is 0 Å². The number of nitrogens with one attached hydrogen (secondary N) is 1. The molecule has 0 aliphatic heterocycles. The highest BCUT2D eigenvalue weighted by molar-refractivity contribution is 7.20. The summed E-state index contributed by atoms with van der Waals surface area (Å²) in [6, 6.07) is 12.1. The lowest BCUT2D eigenvalue weighted by Gasteiger charge is -2.06. The summed E-state index contributed by atoms with van der Waals surface area (Å²) in [4.78, 5) is 21.7. The van der Waals surface area contributed by atoms with E-state index in [-0.39, 0.29) is 5.91 Å². The molecule has 3 aromatic heterocycles. The number of rotatable bonds is 6. The first-order valence-electron chi connectivity index (χ1n) is 7.96. The largest absolute Gasteiger partial charge is 0.347 e. The van der Waals surface area contributed by atoms with Gasteiger partial charge in [-0.25, -0.2) is 14.6 Å². The molecule has 8 heteroatoms. The summed E-state index contributed by atoms with van der Waals surface area (Å²) in [5.74, 6) is -0.157. The number of amides is 1. The molecule has 1 aromatic carbocycles. The molecule has 0 atom stereocenters. The van der Waals surface area contributed by atoms with Crippen molar-refractivity contribution < 1.29 is 4.79 Å². The van der Waals surface area contributed by atoms with E-state index in [1.807, 2.05) is 41.8 Å². The summed E-state index contributed by atoms with van der Waals surface area (Å²) in [5, 5.41) is 11.7. The molecule has 0 saturated carbocycles. The van der Waals surface area contributed by atoms with E-state index >= 15 is 0 Å². The zero-order valence-corrected chi connectivity index (χ0v) is 15.3. The average Bonchev–Trinajstić information content (AvgIpc) is 3.42. The minimum atomic E-state index is -0.157. The van der Waals surface area contributed by atoms with Crippen molar-refractivity contribution >= 4 is 28.6 Å². The first-order valence-corrected chi connectivity index (χ1v) is 9.72. The van der Waals surface area contributed by atoms with Gasteiger partial charge in [-0.3, -0.25) is 4.79 Å². The maximum Gasteiger partial charge on any atom is 0.271 e. The number of carbonyl (C=O) groups is 1. The molecule has 130 valence electrons. The first-order chi connectivity index (χ1) is 12.8. The van der Waals surface area contributed by atoms with Gasteiger partial charge in [0.25, 0.3) is 5.91 Å². The van der Waals surface area contributed by atoms with Gasteiger partial charge in [0, 0.05) is 11.9 Å². The van der Waals surface area contributed by atoms with Crippen LogP contribution in [0.25, 0.3) is 9.88 Å². The lowest BCUT2D eigenvalue weighted by molar-refractivity contribution is 0.0946. The molecule has 6 nitrogen and oxygen atoms in total. The lowest BCUT2D eigenvalue weighted by atomic mass is 10.1. The van der Waals surface area contributed by atoms with Crippen LogP contribution in [0.1, 0.15) is 21.6 Å². The number of hydrogen-bond acceptors (Lipinski definition) is 6. The van der Waals surface area contributed by atoms with Crippen molar-refractivity contribution in [1.29, 1.82) is 0 Å². The van der Waals surface area contributed by atoms with Crippen LogP contribution in [0.3, 0.4) is 0 Å². The van der Waals surface area contributed by atoms with Crippen molar-refractivity contribution in [3.63, 3.8) is 0 Å². The predicted octanol–water partition coefficient (Wildman–Crippen LogP) is 3.44. The van der Waals surface area contributed by atoms with E-state index in [0.717, 1.165) is 21.0 Å². The van der Waals surface area contributed by atoms with E-state index in [1.54, 1.807) is 27.7 Å². The predicted molar refractivity (Wildman–Crippen MR) is 102 cm³/mol. The topological polar surface area (TPSA) is 72.7 Å². The maximum absolute atomic E-state index is 12.3. The smallest absolute Gasteiger partial charge is 0.271 e. The summed E-state index contributed by atoms with van der Waals surface area (Å²) >= 11 is 3.11. The van der Waals surface area contributed by atoms with Crippen molar-refractivity contribution in [2.45, 2.75) is 13.1 Å². The molecular weight excluding hydrogens is 366 g/mol. The Morgan fingerprint density at radius 1 is 1.12 bits per heavy atom. The van der Waals surface area contributed by atoms with Crippen molar-refractivity contribution in [3.8, 4) is 9.88 Å². The third-order valence-corrected chi connectivity index (χ3v) is 5.64. The van der Waals surface area contributed by atoms with Gasteiger partial charge in [-0.2, -0.15) is 5.10 Å². The van der Waals surface area contributed by atoms with Crippen LogP contribution >= 0.6 is 22.7 Å². The molecule has 0 aliphatic rings. The molecule has 0 aliphatic carbocycles. The Kier molecular flexibility index (Phi) is 4.85. The van der Waals surface area contributed by atoms with Gasteiger partial charge >= 0.3 is 0 Å². The summed E-state index contributed by atoms with van der Waals surface area (Å²) < 4.78 is 1.77. The van der Waals surface area contributed by atoms with Gasteiger partial charge in [0.05, 0.1) is 11.4 Å². The number of carbonyl (C=O) groups excluding carboxylic acids is 1. The van der Waals surface area contributed by atoms with E-state index in [1.165, 1.54) is 17.7 Å². The lowest BCUT2D eigenvalue weighted by Crippen LogP contribution is -2.23. The third kappa shape index (κ3) is 3.87. The molecule has 0 spiro atoms. The monoisotopic (exact) mass is 381 g/mol. The molecule has 0 radical (unpaired) electrons. The van der Waals surface area contributed by atoms with Gasteiger partial charge in [0.15, 0.2) is 0 Å². The number of nitrogens with zero attached hydrogens (tertiary/aromatic N) is 4. The summed E-state index contributed by atoms with van der Waals surface area (Å²) in [6.45, 7) is 1.14. The van der Waals surface area contributed by atoms with E-state index < -0.39 is 0 Å². The van der Waals surface area contributed by atoms with Crippen LogP contribution in [0.5, 0.6) is 0 Å². The number of thiophene rings is 1. The molecule has 0 fully saturated rings. The summed E-state index contributed by atoms with van der Waals surface area (Å²) in [5.41, 5.74) is 2.63. The highest BCUT2D eigenvalue weighted by Gasteiger charge is 2.12. The molecule has 4 aromatic rings. The van der Waals surface area contributed by atoms with Crippen molar-refractivity contribution in [3.05, 3.63) is 76.6 Å². The Bertz CT molecular complexity index is 975. The highest BCUT2D eigenvalue weighted by atomic mass is 32.1. The van der Waals surface area contributed by atoms with E-state index in [9.17, 15) is 4.79 Å². The number of benzene rings is 1. The molecular formula is C18H15N5OS2. The molecule has 3 heterocycles. The van der Waals surface area contributed by atoms with Gasteiger partial charge in [-0.15, -0.1) is 22.7 Å². The SMILES string of the molecule is O=C(NCc1ccc(Cn2cncn2)cc1)c1csc(-c2cccs2)n1. The average molecular weight is 381 g/mol. The Morgan fingerprint density at radius 2 is 1.96 bits per heavy atom. The zero-order chi connectivity index (χ0) is 17.8. The highest BCUT2D eigenvalue weighted by Crippen LogP contribution is 2.27. The Balaban J connectivity index is 1.34. The van der Waals surface area contributed by atoms with Crippen LogP contribution in [-0.2, 0) is 13.1 Å². The van der Waals surface area contributed by atoms with Crippen molar-refractivity contribution in [2.24, 2.45) is 0 Å². The third-order valence-electron chi connectivity index (χ3n) is 3.76. The first kappa shape index (κ1) is 16.6. The van der Waals surface area contributed by atoms with Crippen LogP contribution in [0, 0.1) is 0 Å². The minimum Gasteiger partial charge on any atom is -0.347 e. The Labute approximate surface area is 158 Å². The molecule has 1 amide bonds. The summed E-state index contributed by atoms with van der Waals surface area (Å²) in [6.07, 6.45) is 3.21. The molecule has 4 rings (SSSR count).